The van der Waals surface area contributed by atoms with Crippen molar-refractivity contribution < 1.29 is 22.7 Å². The number of ether oxygens (including phenoxy) is 1. The van der Waals surface area contributed by atoms with E-state index in [1.165, 1.54) is 6.26 Å². The Labute approximate surface area is 224 Å². The van der Waals surface area contributed by atoms with Crippen molar-refractivity contribution in [2.45, 2.75) is 81.5 Å². The molecule has 1 saturated carbocycles. The number of fused-ring (bicyclic) bond motifs is 3. The number of sulfone groups is 1. The van der Waals surface area contributed by atoms with Gasteiger partial charge in [-0.2, -0.15) is 5.26 Å². The van der Waals surface area contributed by atoms with Crippen LogP contribution in [0.2, 0.25) is 0 Å². The Morgan fingerprint density at radius 1 is 1.08 bits per heavy atom. The van der Waals surface area contributed by atoms with Gasteiger partial charge in [-0.1, -0.05) is 36.4 Å². The Morgan fingerprint density at radius 3 is 2.32 bits per heavy atom. The number of amides is 2. The average Bonchev–Trinajstić information content (AvgIpc) is 2.87. The van der Waals surface area contributed by atoms with E-state index in [2.05, 4.69) is 11.4 Å². The zero-order valence-electron chi connectivity index (χ0n) is 22.3. The lowest BCUT2D eigenvalue weighted by molar-refractivity contribution is -0.135. The number of nitriles is 1. The third-order valence-corrected chi connectivity index (χ3v) is 8.33. The zero-order valence-corrected chi connectivity index (χ0v) is 23.1. The monoisotopic (exact) mass is 537 g/mol. The lowest BCUT2D eigenvalue weighted by atomic mass is 9.74. The van der Waals surface area contributed by atoms with E-state index in [-0.39, 0.29) is 22.8 Å². The molecule has 2 aromatic rings. The summed E-state index contributed by atoms with van der Waals surface area (Å²) < 4.78 is 29.4. The van der Waals surface area contributed by atoms with E-state index in [1.54, 1.807) is 23.1 Å². The number of carbonyl (C=O) groups excluding carboxylic acids is 2. The second-order valence-corrected chi connectivity index (χ2v) is 13.3. The number of rotatable bonds is 6. The molecule has 1 N–H and O–H groups in total. The van der Waals surface area contributed by atoms with Gasteiger partial charge in [0.2, 0.25) is 5.91 Å². The highest BCUT2D eigenvalue weighted by Crippen LogP contribution is 2.40. The topological polar surface area (TPSA) is 117 Å². The van der Waals surface area contributed by atoms with Crippen LogP contribution in [0.4, 0.5) is 4.79 Å². The maximum absolute atomic E-state index is 13.4. The first-order valence-electron chi connectivity index (χ1n) is 13.0. The number of nitrogens with zero attached hydrogens (tertiary/aromatic N) is 2. The normalized spacial score (nSPS) is 21.9. The van der Waals surface area contributed by atoms with Crippen molar-refractivity contribution in [3.05, 3.63) is 54.1 Å². The summed E-state index contributed by atoms with van der Waals surface area (Å²) >= 11 is 0. The van der Waals surface area contributed by atoms with Gasteiger partial charge in [-0.25, -0.2) is 13.2 Å². The fraction of sp³-hybridized carbons (Fsp3) is 0.483. The molecule has 5 rings (SSSR count). The van der Waals surface area contributed by atoms with Crippen LogP contribution in [0.25, 0.3) is 11.1 Å². The summed E-state index contributed by atoms with van der Waals surface area (Å²) in [6.07, 6.45) is 4.47. The number of carbonyl (C=O) groups is 2. The molecule has 2 unspecified atom stereocenters. The maximum atomic E-state index is 13.4. The van der Waals surface area contributed by atoms with Crippen molar-refractivity contribution in [1.82, 2.24) is 10.2 Å². The maximum Gasteiger partial charge on any atom is 0.411 e. The molecule has 0 aromatic heterocycles. The summed E-state index contributed by atoms with van der Waals surface area (Å²) in [5.74, 6) is -0.264. The van der Waals surface area contributed by atoms with E-state index in [1.807, 2.05) is 51.1 Å². The van der Waals surface area contributed by atoms with Gasteiger partial charge < -0.3 is 10.1 Å². The number of hydrogen-bond donors (Lipinski definition) is 1. The molecule has 3 fully saturated rings. The average molecular weight is 538 g/mol. The molecule has 2 heterocycles. The first kappa shape index (κ1) is 27.6. The highest BCUT2D eigenvalue weighted by Gasteiger charge is 2.49. The highest BCUT2D eigenvalue weighted by atomic mass is 32.2. The second-order valence-electron chi connectivity index (χ2n) is 11.3. The molecule has 1 aliphatic carbocycles. The van der Waals surface area contributed by atoms with E-state index < -0.39 is 33.6 Å². The highest BCUT2D eigenvalue weighted by molar-refractivity contribution is 7.90. The quantitative estimate of drug-likeness (QED) is 0.581. The number of piperidine rings is 2. The van der Waals surface area contributed by atoms with Gasteiger partial charge in [-0.15, -0.1) is 0 Å². The van der Waals surface area contributed by atoms with Crippen molar-refractivity contribution >= 4 is 21.8 Å². The Morgan fingerprint density at radius 2 is 1.74 bits per heavy atom. The smallest absolute Gasteiger partial charge is 0.411 e. The fourth-order valence-corrected chi connectivity index (χ4v) is 6.10. The summed E-state index contributed by atoms with van der Waals surface area (Å²) in [6, 6.07) is 15.0. The first-order chi connectivity index (χ1) is 17.9. The molecule has 2 bridgehead atoms. The molecule has 0 spiro atoms. The first-order valence-corrected chi connectivity index (χ1v) is 14.9. The lowest BCUT2D eigenvalue weighted by Gasteiger charge is -2.50. The van der Waals surface area contributed by atoms with Crippen molar-refractivity contribution in [3.63, 3.8) is 0 Å². The Kier molecular flexibility index (Phi) is 7.84. The predicted molar refractivity (Wildman–Crippen MR) is 144 cm³/mol. The Bertz CT molecular complexity index is 1330. The molecule has 2 aliphatic heterocycles. The van der Waals surface area contributed by atoms with E-state index >= 15 is 0 Å². The van der Waals surface area contributed by atoms with Crippen LogP contribution in [0, 0.1) is 17.2 Å². The molecule has 2 aromatic carbocycles. The predicted octanol–water partition coefficient (Wildman–Crippen LogP) is 4.49. The van der Waals surface area contributed by atoms with Crippen molar-refractivity contribution in [2.75, 3.05) is 6.26 Å². The van der Waals surface area contributed by atoms with Gasteiger partial charge in [0.05, 0.1) is 11.0 Å². The van der Waals surface area contributed by atoms with E-state index in [0.717, 1.165) is 42.4 Å². The molecule has 2 amide bonds. The Balaban J connectivity index is 1.45. The summed E-state index contributed by atoms with van der Waals surface area (Å²) in [6.45, 7) is 5.42. The van der Waals surface area contributed by atoms with Gasteiger partial charge in [0.15, 0.2) is 9.84 Å². The molecule has 8 nitrogen and oxygen atoms in total. The molecule has 9 heteroatoms. The summed E-state index contributed by atoms with van der Waals surface area (Å²) in [4.78, 5) is 28.3. The fourth-order valence-electron chi connectivity index (χ4n) is 5.43. The van der Waals surface area contributed by atoms with Crippen molar-refractivity contribution in [2.24, 2.45) is 5.92 Å². The van der Waals surface area contributed by atoms with Crippen LogP contribution in [0.15, 0.2) is 53.4 Å². The van der Waals surface area contributed by atoms with Crippen molar-refractivity contribution in [3.8, 4) is 17.2 Å². The lowest BCUT2D eigenvalue weighted by Crippen LogP contribution is -2.64. The summed E-state index contributed by atoms with van der Waals surface area (Å²) in [5, 5.41) is 12.7. The summed E-state index contributed by atoms with van der Waals surface area (Å²) in [5.41, 5.74) is 1.82. The van der Waals surface area contributed by atoms with E-state index in [4.69, 9.17) is 4.74 Å². The van der Waals surface area contributed by atoms with Crippen LogP contribution in [-0.2, 0) is 25.8 Å². The van der Waals surface area contributed by atoms with Crippen LogP contribution in [0.5, 0.6) is 0 Å². The SMILES string of the molecule is CC(C)(C)OC(=O)N1C2CCC(CC2)C1C(=O)NC(C#N)Cc1ccc(-c2cccc(S(C)(=O)=O)c2)cc1. The third-order valence-electron chi connectivity index (χ3n) is 7.22. The number of hydrogen-bond acceptors (Lipinski definition) is 6. The minimum atomic E-state index is -3.31. The minimum absolute atomic E-state index is 0.0279. The van der Waals surface area contributed by atoms with Gasteiger partial charge >= 0.3 is 6.09 Å². The van der Waals surface area contributed by atoms with Crippen LogP contribution in [0.1, 0.15) is 52.0 Å². The van der Waals surface area contributed by atoms with Gasteiger partial charge in [-0.05, 0) is 81.2 Å². The van der Waals surface area contributed by atoms with E-state index in [9.17, 15) is 23.3 Å². The van der Waals surface area contributed by atoms with Crippen LogP contribution < -0.4 is 5.32 Å². The van der Waals surface area contributed by atoms with Crippen LogP contribution in [-0.4, -0.2) is 55.3 Å². The molecule has 2 saturated heterocycles. The van der Waals surface area contributed by atoms with Crippen LogP contribution in [0.3, 0.4) is 0 Å². The summed E-state index contributed by atoms with van der Waals surface area (Å²) in [7, 11) is -3.31. The molecule has 3 aliphatic rings. The van der Waals surface area contributed by atoms with Crippen molar-refractivity contribution in [1.29, 1.82) is 5.26 Å². The van der Waals surface area contributed by atoms with Gasteiger partial charge in [0, 0.05) is 18.7 Å². The third kappa shape index (κ3) is 6.36. The number of nitrogens with one attached hydrogen (secondary N) is 1. The molecule has 2 atom stereocenters. The largest absolute Gasteiger partial charge is 0.444 e. The van der Waals surface area contributed by atoms with Gasteiger partial charge in [0.1, 0.15) is 17.7 Å². The number of benzene rings is 2. The van der Waals surface area contributed by atoms with E-state index in [0.29, 0.717) is 6.42 Å². The zero-order chi connectivity index (χ0) is 27.7. The van der Waals surface area contributed by atoms with Gasteiger partial charge in [-0.3, -0.25) is 9.69 Å². The van der Waals surface area contributed by atoms with Crippen LogP contribution >= 0.6 is 0 Å². The van der Waals surface area contributed by atoms with Gasteiger partial charge in [0.25, 0.3) is 0 Å². The Hall–Kier alpha value is -3.38. The molecule has 0 radical (unpaired) electrons. The molecular weight excluding hydrogens is 502 g/mol. The second kappa shape index (κ2) is 10.8. The molecule has 38 heavy (non-hydrogen) atoms. The molecule has 202 valence electrons. The standard InChI is InChI=1S/C29H35N3O5S/c1-29(2,3)37-28(34)32-24-14-12-21(13-15-24)26(32)27(33)31-23(18-30)16-19-8-10-20(11-9-19)22-6-5-7-25(17-22)38(4,35)36/h5-11,17,21,23-24,26H,12-16H2,1-4H3,(H,31,33). The minimum Gasteiger partial charge on any atom is -0.444 e. The molecular formula is C29H35N3O5S.